The molecule has 0 saturated carbocycles. The minimum absolute atomic E-state index is 0.300. The van der Waals surface area contributed by atoms with Crippen molar-refractivity contribution in [2.75, 3.05) is 6.61 Å². The van der Waals surface area contributed by atoms with Gasteiger partial charge in [-0.25, -0.2) is 14.8 Å². The number of aromatic nitrogens is 2. The van der Waals surface area contributed by atoms with Gasteiger partial charge in [0.25, 0.3) is 11.5 Å². The van der Waals surface area contributed by atoms with Gasteiger partial charge in [0.15, 0.2) is 0 Å². The number of aromatic amines is 1. The summed E-state index contributed by atoms with van der Waals surface area (Å²) in [6, 6.07) is 12.4. The largest absolute Gasteiger partial charge is 0.494 e. The standard InChI is InChI=1S/C20H17ClN4O5/c1-2-30-15-9-7-14(8-10-15)25-19(28)16(18(27)23-20(25)29)11-22-24-17(26)12-3-5-13(21)6-4-12/h3-11,28H,2H2,1H3,(H,24,26)(H,23,27,29). The van der Waals surface area contributed by atoms with Crippen LogP contribution < -0.4 is 21.4 Å². The van der Waals surface area contributed by atoms with Crippen LogP contribution in [-0.4, -0.2) is 33.4 Å². The van der Waals surface area contributed by atoms with Crippen LogP contribution in [0.15, 0.2) is 63.2 Å². The van der Waals surface area contributed by atoms with E-state index < -0.39 is 23.0 Å². The molecule has 0 fully saturated rings. The molecule has 3 aromatic rings. The Hall–Kier alpha value is -3.85. The zero-order chi connectivity index (χ0) is 21.7. The van der Waals surface area contributed by atoms with Crippen LogP contribution in [-0.2, 0) is 0 Å². The van der Waals surface area contributed by atoms with Gasteiger partial charge >= 0.3 is 5.69 Å². The van der Waals surface area contributed by atoms with E-state index in [9.17, 15) is 19.5 Å². The number of ether oxygens (including phenoxy) is 1. The molecule has 2 aromatic carbocycles. The molecule has 1 amide bonds. The zero-order valence-corrected chi connectivity index (χ0v) is 16.5. The second kappa shape index (κ2) is 9.10. The molecular weight excluding hydrogens is 412 g/mol. The lowest BCUT2D eigenvalue weighted by molar-refractivity contribution is 0.0955. The smallest absolute Gasteiger partial charge is 0.335 e. The minimum atomic E-state index is -0.857. The molecule has 0 unspecified atom stereocenters. The maximum atomic E-state index is 12.2. The quantitative estimate of drug-likeness (QED) is 0.409. The van der Waals surface area contributed by atoms with Crippen LogP contribution in [0.1, 0.15) is 22.8 Å². The van der Waals surface area contributed by atoms with E-state index in [1.807, 2.05) is 6.92 Å². The molecule has 0 atom stereocenters. The Morgan fingerprint density at radius 1 is 1.20 bits per heavy atom. The Balaban J connectivity index is 1.88. The van der Waals surface area contributed by atoms with Gasteiger partial charge in [0, 0.05) is 10.6 Å². The number of carbonyl (C=O) groups excluding carboxylic acids is 1. The lowest BCUT2D eigenvalue weighted by Crippen LogP contribution is -2.31. The molecule has 1 heterocycles. The Labute approximate surface area is 175 Å². The van der Waals surface area contributed by atoms with Crippen molar-refractivity contribution in [2.24, 2.45) is 5.10 Å². The van der Waals surface area contributed by atoms with Gasteiger partial charge in [0.1, 0.15) is 11.3 Å². The number of hydrogen-bond acceptors (Lipinski definition) is 6. The molecule has 9 nitrogen and oxygen atoms in total. The molecule has 0 aliphatic rings. The molecule has 0 bridgehead atoms. The van der Waals surface area contributed by atoms with E-state index in [0.717, 1.165) is 10.8 Å². The number of H-pyrrole nitrogens is 1. The second-order valence-corrected chi connectivity index (χ2v) is 6.40. The van der Waals surface area contributed by atoms with Gasteiger partial charge in [0.2, 0.25) is 5.88 Å². The van der Waals surface area contributed by atoms with Gasteiger partial charge in [-0.3, -0.25) is 14.6 Å². The molecule has 3 N–H and O–H groups in total. The normalized spacial score (nSPS) is 10.9. The van der Waals surface area contributed by atoms with Gasteiger partial charge in [-0.15, -0.1) is 0 Å². The zero-order valence-electron chi connectivity index (χ0n) is 15.8. The minimum Gasteiger partial charge on any atom is -0.494 e. The van der Waals surface area contributed by atoms with Crippen LogP contribution in [0.5, 0.6) is 11.6 Å². The molecule has 0 radical (unpaired) electrons. The van der Waals surface area contributed by atoms with E-state index in [4.69, 9.17) is 16.3 Å². The van der Waals surface area contributed by atoms with Crippen LogP contribution in [0, 0.1) is 0 Å². The van der Waals surface area contributed by atoms with Crippen molar-refractivity contribution in [2.45, 2.75) is 6.92 Å². The molecule has 10 heteroatoms. The lowest BCUT2D eigenvalue weighted by atomic mass is 10.2. The van der Waals surface area contributed by atoms with Crippen molar-refractivity contribution in [1.29, 1.82) is 0 Å². The number of amides is 1. The SMILES string of the molecule is CCOc1ccc(-n2c(O)c(C=NNC(=O)c3ccc(Cl)cc3)c(=O)[nH]c2=O)cc1. The third kappa shape index (κ3) is 4.58. The molecule has 3 rings (SSSR count). The number of benzene rings is 2. The number of carbonyl (C=O) groups is 1. The van der Waals surface area contributed by atoms with Gasteiger partial charge in [-0.2, -0.15) is 5.10 Å². The lowest BCUT2D eigenvalue weighted by Gasteiger charge is -2.10. The Morgan fingerprint density at radius 2 is 1.87 bits per heavy atom. The van der Waals surface area contributed by atoms with Crippen LogP contribution in [0.2, 0.25) is 5.02 Å². The number of halogens is 1. The van der Waals surface area contributed by atoms with Crippen molar-refractivity contribution in [3.05, 3.63) is 85.5 Å². The first kappa shape index (κ1) is 20.9. The van der Waals surface area contributed by atoms with E-state index >= 15 is 0 Å². The topological polar surface area (TPSA) is 126 Å². The van der Waals surface area contributed by atoms with Crippen molar-refractivity contribution in [1.82, 2.24) is 15.0 Å². The Morgan fingerprint density at radius 3 is 2.50 bits per heavy atom. The fourth-order valence-electron chi connectivity index (χ4n) is 2.57. The number of rotatable bonds is 6. The predicted octanol–water partition coefficient (Wildman–Crippen LogP) is 2.05. The highest BCUT2D eigenvalue weighted by atomic mass is 35.5. The highest BCUT2D eigenvalue weighted by Gasteiger charge is 2.14. The molecule has 0 spiro atoms. The first-order valence-corrected chi connectivity index (χ1v) is 9.19. The fraction of sp³-hybridized carbons (Fsp3) is 0.100. The maximum absolute atomic E-state index is 12.2. The summed E-state index contributed by atoms with van der Waals surface area (Å²) in [5.41, 5.74) is 0.847. The first-order chi connectivity index (χ1) is 14.4. The Kier molecular flexibility index (Phi) is 6.33. The summed E-state index contributed by atoms with van der Waals surface area (Å²) < 4.78 is 6.24. The van der Waals surface area contributed by atoms with Crippen molar-refractivity contribution < 1.29 is 14.6 Å². The summed E-state index contributed by atoms with van der Waals surface area (Å²) in [7, 11) is 0. The third-order valence-corrected chi connectivity index (χ3v) is 4.24. The molecule has 30 heavy (non-hydrogen) atoms. The summed E-state index contributed by atoms with van der Waals surface area (Å²) in [6.07, 6.45) is 0.951. The average molecular weight is 429 g/mol. The van der Waals surface area contributed by atoms with Crippen LogP contribution in [0.4, 0.5) is 0 Å². The summed E-state index contributed by atoms with van der Waals surface area (Å²) in [6.45, 7) is 2.31. The molecular formula is C20H17ClN4O5. The van der Waals surface area contributed by atoms with Gasteiger partial charge < -0.3 is 9.84 Å². The highest BCUT2D eigenvalue weighted by Crippen LogP contribution is 2.18. The van der Waals surface area contributed by atoms with Gasteiger partial charge in [0.05, 0.1) is 18.5 Å². The van der Waals surface area contributed by atoms with Crippen LogP contribution in [0.3, 0.4) is 0 Å². The molecule has 0 aliphatic heterocycles. The number of aromatic hydroxyl groups is 1. The van der Waals surface area contributed by atoms with E-state index in [1.54, 1.807) is 36.4 Å². The maximum Gasteiger partial charge on any atom is 0.335 e. The molecule has 0 saturated heterocycles. The van der Waals surface area contributed by atoms with Crippen LogP contribution >= 0.6 is 11.6 Å². The highest BCUT2D eigenvalue weighted by molar-refractivity contribution is 6.30. The van der Waals surface area contributed by atoms with E-state index in [0.29, 0.717) is 28.6 Å². The second-order valence-electron chi connectivity index (χ2n) is 5.96. The van der Waals surface area contributed by atoms with Gasteiger partial charge in [-0.1, -0.05) is 11.6 Å². The third-order valence-electron chi connectivity index (χ3n) is 3.99. The number of hydrogen-bond donors (Lipinski definition) is 3. The molecule has 1 aromatic heterocycles. The fourth-order valence-corrected chi connectivity index (χ4v) is 2.70. The summed E-state index contributed by atoms with van der Waals surface area (Å²) in [5.74, 6) is -0.582. The average Bonchev–Trinajstić information content (AvgIpc) is 2.72. The molecule has 0 aliphatic carbocycles. The van der Waals surface area contributed by atoms with Crippen molar-refractivity contribution >= 4 is 23.7 Å². The van der Waals surface area contributed by atoms with Gasteiger partial charge in [-0.05, 0) is 55.5 Å². The first-order valence-electron chi connectivity index (χ1n) is 8.81. The number of nitrogens with one attached hydrogen (secondary N) is 2. The van der Waals surface area contributed by atoms with Crippen molar-refractivity contribution in [3.63, 3.8) is 0 Å². The van der Waals surface area contributed by atoms with E-state index in [-0.39, 0.29) is 5.56 Å². The number of nitrogens with zero attached hydrogens (tertiary/aromatic N) is 2. The predicted molar refractivity (Wildman–Crippen MR) is 112 cm³/mol. The monoisotopic (exact) mass is 428 g/mol. The molecule has 154 valence electrons. The summed E-state index contributed by atoms with van der Waals surface area (Å²) in [5, 5.41) is 14.6. The Bertz CT molecular complexity index is 1200. The van der Waals surface area contributed by atoms with Crippen LogP contribution in [0.25, 0.3) is 5.69 Å². The van der Waals surface area contributed by atoms with E-state index in [1.165, 1.54) is 12.1 Å². The summed E-state index contributed by atoms with van der Waals surface area (Å²) in [4.78, 5) is 38.5. The summed E-state index contributed by atoms with van der Waals surface area (Å²) >= 11 is 5.78. The van der Waals surface area contributed by atoms with E-state index in [2.05, 4.69) is 15.5 Å². The van der Waals surface area contributed by atoms with Crippen molar-refractivity contribution in [3.8, 4) is 17.3 Å². The number of hydrazone groups is 1.